The average molecular weight is 536 g/mol. The van der Waals surface area contributed by atoms with Crippen LogP contribution in [0.15, 0.2) is 58.0 Å². The number of nitrogens with one attached hydrogen (secondary N) is 1. The summed E-state index contributed by atoms with van der Waals surface area (Å²) in [5.41, 5.74) is 7.67. The second-order valence-corrected chi connectivity index (χ2v) is 10.6. The van der Waals surface area contributed by atoms with E-state index in [9.17, 15) is 9.90 Å². The molecule has 6 nitrogen and oxygen atoms in total. The minimum Gasteiger partial charge on any atom is -0.434 e. The number of Topliss-reactive ketones (excluding diaryl/α,β-unsaturated/α-hetero) is 1. The molecule has 2 aromatic heterocycles. The van der Waals surface area contributed by atoms with Crippen LogP contribution >= 0.6 is 23.2 Å². The Morgan fingerprint density at radius 2 is 1.86 bits per heavy atom. The number of aliphatic hydroxyl groups is 1. The number of hydrogen-bond donors (Lipinski definition) is 2. The predicted molar refractivity (Wildman–Crippen MR) is 149 cm³/mol. The second kappa shape index (κ2) is 9.60. The molecule has 0 spiro atoms. The van der Waals surface area contributed by atoms with Gasteiger partial charge in [0.05, 0.1) is 10.7 Å². The molecule has 1 aliphatic rings. The van der Waals surface area contributed by atoms with E-state index in [1.54, 1.807) is 0 Å². The molecule has 190 valence electrons. The molecule has 1 aliphatic heterocycles. The molecule has 2 N–H and O–H groups in total. The lowest BCUT2D eigenvalue weighted by molar-refractivity contribution is 0.0459. The first kappa shape index (κ1) is 25.5. The van der Waals surface area contributed by atoms with E-state index in [4.69, 9.17) is 32.6 Å². The van der Waals surface area contributed by atoms with Crippen LogP contribution in [0.1, 0.15) is 55.3 Å². The van der Waals surface area contributed by atoms with Crippen LogP contribution in [0.25, 0.3) is 33.5 Å². The summed E-state index contributed by atoms with van der Waals surface area (Å²) in [7, 11) is 0. The zero-order valence-corrected chi connectivity index (χ0v) is 22.5. The maximum atomic E-state index is 13.0. The zero-order chi connectivity index (χ0) is 26.5. The third-order valence-corrected chi connectivity index (χ3v) is 7.33. The van der Waals surface area contributed by atoms with E-state index < -0.39 is 11.4 Å². The van der Waals surface area contributed by atoms with Crippen LogP contribution < -0.4 is 5.43 Å². The van der Waals surface area contributed by atoms with Crippen LogP contribution in [0.2, 0.25) is 10.0 Å². The average Bonchev–Trinajstić information content (AvgIpc) is 3.45. The summed E-state index contributed by atoms with van der Waals surface area (Å²) >= 11 is 13.0. The molecule has 0 saturated carbocycles. The molecule has 0 radical (unpaired) electrons. The van der Waals surface area contributed by atoms with E-state index in [0.29, 0.717) is 33.4 Å². The van der Waals surface area contributed by atoms with Crippen LogP contribution in [-0.4, -0.2) is 33.7 Å². The first-order chi connectivity index (χ1) is 17.6. The first-order valence-electron chi connectivity index (χ1n) is 12.1. The van der Waals surface area contributed by atoms with Gasteiger partial charge in [0.25, 0.3) is 0 Å². The van der Waals surface area contributed by atoms with Crippen LogP contribution in [0.5, 0.6) is 0 Å². The Balaban J connectivity index is 1.73. The SMILES string of the molecule is CCc1c(C(=O)C(C)(C)O)oc2nc(-c3ccc(C4CNN=C4C)cc3Cl)c(-c3ccc(Cl)cc3)cc12. The molecular formula is C29H27Cl2N3O3. The number of rotatable bonds is 6. The van der Waals surface area contributed by atoms with Gasteiger partial charge in [0.15, 0.2) is 5.76 Å². The van der Waals surface area contributed by atoms with Gasteiger partial charge in [-0.1, -0.05) is 54.4 Å². The number of benzene rings is 2. The van der Waals surface area contributed by atoms with Crippen LogP contribution in [0.4, 0.5) is 0 Å². The van der Waals surface area contributed by atoms with Crippen molar-refractivity contribution in [1.82, 2.24) is 10.4 Å². The third kappa shape index (κ3) is 4.65. The number of fused-ring (bicyclic) bond motifs is 1. The van der Waals surface area contributed by atoms with Crippen molar-refractivity contribution in [3.05, 3.63) is 75.5 Å². The number of hydrazone groups is 1. The normalized spacial score (nSPS) is 15.6. The van der Waals surface area contributed by atoms with E-state index in [0.717, 1.165) is 39.9 Å². The number of ketones is 1. The lowest BCUT2D eigenvalue weighted by Gasteiger charge is -2.15. The standard InChI is InChI=1S/C29H27Cl2N3O3/c1-5-19-22-13-21(16-6-9-18(30)10-7-16)25(33-28(22)37-26(19)27(35)29(3,4)36)20-11-8-17(12-24(20)31)23-14-32-34-15(23)2/h6-13,23,32,36H,5,14H2,1-4H3. The lowest BCUT2D eigenvalue weighted by Crippen LogP contribution is -2.31. The fraction of sp³-hybridized carbons (Fsp3) is 0.276. The van der Waals surface area contributed by atoms with E-state index in [-0.39, 0.29) is 11.7 Å². The molecule has 2 aromatic carbocycles. The van der Waals surface area contributed by atoms with Crippen molar-refractivity contribution in [2.24, 2.45) is 5.10 Å². The van der Waals surface area contributed by atoms with Crippen molar-refractivity contribution in [1.29, 1.82) is 0 Å². The highest BCUT2D eigenvalue weighted by Crippen LogP contribution is 2.40. The maximum absolute atomic E-state index is 13.0. The van der Waals surface area contributed by atoms with Crippen molar-refractivity contribution in [3.63, 3.8) is 0 Å². The van der Waals surface area contributed by atoms with Crippen molar-refractivity contribution in [3.8, 4) is 22.4 Å². The summed E-state index contributed by atoms with van der Waals surface area (Å²) < 4.78 is 6.00. The number of hydrogen-bond acceptors (Lipinski definition) is 6. The van der Waals surface area contributed by atoms with Gasteiger partial charge in [-0.2, -0.15) is 5.10 Å². The molecule has 0 bridgehead atoms. The van der Waals surface area contributed by atoms with Crippen LogP contribution in [0, 0.1) is 0 Å². The monoisotopic (exact) mass is 535 g/mol. The van der Waals surface area contributed by atoms with E-state index in [1.807, 2.05) is 62.4 Å². The Bertz CT molecular complexity index is 1550. The first-order valence-corrected chi connectivity index (χ1v) is 12.9. The lowest BCUT2D eigenvalue weighted by atomic mass is 9.92. The quantitative estimate of drug-likeness (QED) is 0.258. The molecule has 1 atom stereocenters. The van der Waals surface area contributed by atoms with Gasteiger partial charge in [0, 0.05) is 45.3 Å². The molecule has 0 aliphatic carbocycles. The largest absolute Gasteiger partial charge is 0.434 e. The second-order valence-electron chi connectivity index (χ2n) is 9.80. The Morgan fingerprint density at radius 1 is 1.14 bits per heavy atom. The predicted octanol–water partition coefficient (Wildman–Crippen LogP) is 7.05. The van der Waals surface area contributed by atoms with Gasteiger partial charge < -0.3 is 14.9 Å². The summed E-state index contributed by atoms with van der Waals surface area (Å²) in [5.74, 6) is -0.200. The van der Waals surface area contributed by atoms with Gasteiger partial charge in [-0.05, 0) is 62.6 Å². The van der Waals surface area contributed by atoms with E-state index in [2.05, 4.69) is 10.5 Å². The molecule has 0 fully saturated rings. The molecule has 8 heteroatoms. The van der Waals surface area contributed by atoms with Crippen molar-refractivity contribution in [2.75, 3.05) is 6.54 Å². The molecule has 37 heavy (non-hydrogen) atoms. The van der Waals surface area contributed by atoms with Gasteiger partial charge in [-0.25, -0.2) is 4.98 Å². The Kier molecular flexibility index (Phi) is 6.61. The maximum Gasteiger partial charge on any atom is 0.229 e. The van der Waals surface area contributed by atoms with Crippen molar-refractivity contribution in [2.45, 2.75) is 45.6 Å². The minimum atomic E-state index is -1.57. The Hall–Kier alpha value is -3.19. The van der Waals surface area contributed by atoms with Gasteiger partial charge in [-0.15, -0.1) is 0 Å². The number of nitrogens with zero attached hydrogens (tertiary/aromatic N) is 2. The summed E-state index contributed by atoms with van der Waals surface area (Å²) in [6.07, 6.45) is 0.539. The molecule has 0 amide bonds. The topological polar surface area (TPSA) is 87.7 Å². The van der Waals surface area contributed by atoms with Gasteiger partial charge in [0.1, 0.15) is 5.60 Å². The number of aryl methyl sites for hydroxylation is 1. The number of furan rings is 1. The van der Waals surface area contributed by atoms with Gasteiger partial charge in [0.2, 0.25) is 11.5 Å². The number of aromatic nitrogens is 1. The molecule has 5 rings (SSSR count). The molecule has 0 saturated heterocycles. The summed E-state index contributed by atoms with van der Waals surface area (Å²) in [4.78, 5) is 17.9. The summed E-state index contributed by atoms with van der Waals surface area (Å²) in [5, 5.41) is 16.6. The molecule has 4 aromatic rings. The van der Waals surface area contributed by atoms with E-state index >= 15 is 0 Å². The molecule has 1 unspecified atom stereocenters. The Labute approximate surface area is 225 Å². The smallest absolute Gasteiger partial charge is 0.229 e. The fourth-order valence-electron chi connectivity index (χ4n) is 4.72. The number of carbonyl (C=O) groups is 1. The fourth-order valence-corrected chi connectivity index (χ4v) is 5.13. The number of carbonyl (C=O) groups excluding carboxylic acids is 1. The molecular weight excluding hydrogens is 509 g/mol. The van der Waals surface area contributed by atoms with Crippen molar-refractivity contribution < 1.29 is 14.3 Å². The third-order valence-electron chi connectivity index (χ3n) is 6.76. The van der Waals surface area contributed by atoms with Gasteiger partial charge in [-0.3, -0.25) is 4.79 Å². The minimum absolute atomic E-state index is 0.127. The summed E-state index contributed by atoms with van der Waals surface area (Å²) in [6, 6.07) is 15.4. The van der Waals surface area contributed by atoms with Crippen molar-refractivity contribution >= 4 is 45.8 Å². The highest BCUT2D eigenvalue weighted by atomic mass is 35.5. The highest BCUT2D eigenvalue weighted by molar-refractivity contribution is 6.33. The number of pyridine rings is 1. The Morgan fingerprint density at radius 3 is 2.46 bits per heavy atom. The highest BCUT2D eigenvalue weighted by Gasteiger charge is 2.32. The number of halogens is 2. The van der Waals surface area contributed by atoms with Gasteiger partial charge >= 0.3 is 0 Å². The zero-order valence-electron chi connectivity index (χ0n) is 21.0. The van der Waals surface area contributed by atoms with Crippen LogP contribution in [-0.2, 0) is 6.42 Å². The van der Waals surface area contributed by atoms with Crippen LogP contribution in [0.3, 0.4) is 0 Å². The molecule has 3 heterocycles. The summed E-state index contributed by atoms with van der Waals surface area (Å²) in [6.45, 7) is 7.57. The van der Waals surface area contributed by atoms with E-state index in [1.165, 1.54) is 13.8 Å².